The molecule has 0 saturated carbocycles. The Hall–Kier alpha value is -2.89. The highest BCUT2D eigenvalue weighted by Crippen LogP contribution is 2.23. The van der Waals surface area contributed by atoms with Crippen LogP contribution in [0.15, 0.2) is 48.7 Å². The lowest BCUT2D eigenvalue weighted by Crippen LogP contribution is -2.42. The summed E-state index contributed by atoms with van der Waals surface area (Å²) in [6.45, 7) is 7.64. The Morgan fingerprint density at radius 3 is 2.61 bits per heavy atom. The molecule has 0 aliphatic carbocycles. The van der Waals surface area contributed by atoms with Gasteiger partial charge in [-0.3, -0.25) is 0 Å². The molecule has 1 aromatic heterocycles. The van der Waals surface area contributed by atoms with E-state index in [2.05, 4.69) is 16.5 Å². The van der Waals surface area contributed by atoms with Gasteiger partial charge in [-0.15, -0.1) is 0 Å². The molecule has 0 bridgehead atoms. The van der Waals surface area contributed by atoms with E-state index in [1.807, 2.05) is 46.0 Å². The van der Waals surface area contributed by atoms with Crippen LogP contribution in [0.1, 0.15) is 39.7 Å². The fourth-order valence-electron chi connectivity index (χ4n) is 3.05. The van der Waals surface area contributed by atoms with Gasteiger partial charge in [-0.2, -0.15) is 5.10 Å². The van der Waals surface area contributed by atoms with Crippen LogP contribution in [0.25, 0.3) is 16.6 Å². The predicted octanol–water partition coefficient (Wildman–Crippen LogP) is 5.01. The maximum absolute atomic E-state index is 13.2. The maximum Gasteiger partial charge on any atom is 0.407 e. The summed E-state index contributed by atoms with van der Waals surface area (Å²) in [7, 11) is 0. The zero-order valence-electron chi connectivity index (χ0n) is 16.7. The molecule has 3 aromatic rings. The van der Waals surface area contributed by atoms with Crippen molar-refractivity contribution in [3.05, 3.63) is 60.0 Å². The van der Waals surface area contributed by atoms with Crippen molar-refractivity contribution in [2.45, 2.75) is 52.2 Å². The Kier molecular flexibility index (Phi) is 5.68. The van der Waals surface area contributed by atoms with Crippen LogP contribution in [0, 0.1) is 5.82 Å². The number of ether oxygens (including phenoxy) is 1. The number of benzene rings is 2. The third-order valence-electron chi connectivity index (χ3n) is 4.38. The van der Waals surface area contributed by atoms with E-state index in [1.54, 1.807) is 16.8 Å². The predicted molar refractivity (Wildman–Crippen MR) is 108 cm³/mol. The Labute approximate surface area is 164 Å². The summed E-state index contributed by atoms with van der Waals surface area (Å²) in [6.07, 6.45) is 2.69. The van der Waals surface area contributed by atoms with Gasteiger partial charge < -0.3 is 10.1 Å². The minimum atomic E-state index is -0.401. The first kappa shape index (κ1) is 19.9. The average molecular weight is 383 g/mol. The van der Waals surface area contributed by atoms with E-state index in [1.165, 1.54) is 12.1 Å². The highest BCUT2D eigenvalue weighted by Gasteiger charge is 2.17. The number of aryl methyl sites for hydroxylation is 1. The van der Waals surface area contributed by atoms with Gasteiger partial charge in [0.15, 0.2) is 0 Å². The van der Waals surface area contributed by atoms with Crippen molar-refractivity contribution in [2.24, 2.45) is 0 Å². The molecule has 0 spiro atoms. The minimum absolute atomic E-state index is 0.204. The molecule has 3 rings (SSSR count). The first-order valence-electron chi connectivity index (χ1n) is 9.43. The first-order chi connectivity index (χ1) is 13.2. The van der Waals surface area contributed by atoms with Gasteiger partial charge in [-0.1, -0.05) is 12.1 Å². The van der Waals surface area contributed by atoms with Crippen LogP contribution in [-0.4, -0.2) is 27.5 Å². The molecular formula is C22H26FN3O2. The summed E-state index contributed by atoms with van der Waals surface area (Å²) in [4.78, 5) is 11.9. The Morgan fingerprint density at radius 2 is 1.93 bits per heavy atom. The topological polar surface area (TPSA) is 56.2 Å². The fourth-order valence-corrected chi connectivity index (χ4v) is 3.05. The Bertz CT molecular complexity index is 958. The number of carbonyl (C=O) groups is 1. The SMILES string of the molecule is CC(CCc1cccc2c1cnn2-c1ccc(F)cc1)OC(=O)NC(C)(C)C. The molecule has 0 saturated heterocycles. The first-order valence-corrected chi connectivity index (χ1v) is 9.43. The zero-order valence-corrected chi connectivity index (χ0v) is 16.7. The largest absolute Gasteiger partial charge is 0.447 e. The van der Waals surface area contributed by atoms with Crippen molar-refractivity contribution in [2.75, 3.05) is 0 Å². The third kappa shape index (κ3) is 4.88. The van der Waals surface area contributed by atoms with Crippen LogP contribution in [0.3, 0.4) is 0 Å². The number of aromatic nitrogens is 2. The second-order valence-electron chi connectivity index (χ2n) is 8.01. The third-order valence-corrected chi connectivity index (χ3v) is 4.38. The number of hydrogen-bond acceptors (Lipinski definition) is 3. The van der Waals surface area contributed by atoms with E-state index in [0.717, 1.165) is 28.6 Å². The average Bonchev–Trinajstić information content (AvgIpc) is 3.03. The number of halogens is 1. The monoisotopic (exact) mass is 383 g/mol. The van der Waals surface area contributed by atoms with E-state index >= 15 is 0 Å². The number of nitrogens with one attached hydrogen (secondary N) is 1. The molecule has 0 aliphatic rings. The van der Waals surface area contributed by atoms with Gasteiger partial charge in [-0.25, -0.2) is 13.9 Å². The number of nitrogens with zero attached hydrogens (tertiary/aromatic N) is 2. The minimum Gasteiger partial charge on any atom is -0.447 e. The van der Waals surface area contributed by atoms with E-state index in [-0.39, 0.29) is 17.5 Å². The molecule has 1 N–H and O–H groups in total. The lowest BCUT2D eigenvalue weighted by atomic mass is 10.0. The van der Waals surface area contributed by atoms with Gasteiger partial charge in [-0.05, 0) is 76.4 Å². The summed E-state index contributed by atoms with van der Waals surface area (Å²) in [6, 6.07) is 12.3. The van der Waals surface area contributed by atoms with Crippen LogP contribution in [0.5, 0.6) is 0 Å². The summed E-state index contributed by atoms with van der Waals surface area (Å²) in [5.41, 5.74) is 2.59. The van der Waals surface area contributed by atoms with Gasteiger partial charge in [0.2, 0.25) is 0 Å². The molecule has 6 heteroatoms. The van der Waals surface area contributed by atoms with E-state index in [0.29, 0.717) is 6.42 Å². The lowest BCUT2D eigenvalue weighted by molar-refractivity contribution is 0.0958. The van der Waals surface area contributed by atoms with Crippen molar-refractivity contribution in [1.29, 1.82) is 0 Å². The standard InChI is InChI=1S/C22H26FN3O2/c1-15(28-21(27)25-22(2,3)4)8-9-16-6-5-7-20-19(16)14-24-26(20)18-12-10-17(23)11-13-18/h5-7,10-15H,8-9H2,1-4H3,(H,25,27). The van der Waals surface area contributed by atoms with Crippen molar-refractivity contribution in [3.8, 4) is 5.69 Å². The highest BCUT2D eigenvalue weighted by molar-refractivity contribution is 5.83. The number of rotatable bonds is 5. The Balaban J connectivity index is 1.71. The van der Waals surface area contributed by atoms with Crippen LogP contribution in [0.2, 0.25) is 0 Å². The van der Waals surface area contributed by atoms with Crippen molar-refractivity contribution < 1.29 is 13.9 Å². The number of amides is 1. The molecule has 5 nitrogen and oxygen atoms in total. The molecule has 0 aliphatic heterocycles. The van der Waals surface area contributed by atoms with Gasteiger partial charge in [0, 0.05) is 10.9 Å². The number of fused-ring (bicyclic) bond motifs is 1. The van der Waals surface area contributed by atoms with Gasteiger partial charge >= 0.3 is 6.09 Å². The normalized spacial score (nSPS) is 12.8. The maximum atomic E-state index is 13.2. The fraction of sp³-hybridized carbons (Fsp3) is 0.364. The number of carbonyl (C=O) groups excluding carboxylic acids is 1. The van der Waals surface area contributed by atoms with Crippen molar-refractivity contribution >= 4 is 17.0 Å². The second-order valence-corrected chi connectivity index (χ2v) is 8.01. The molecular weight excluding hydrogens is 357 g/mol. The van der Waals surface area contributed by atoms with Gasteiger partial charge in [0.25, 0.3) is 0 Å². The molecule has 148 valence electrons. The number of alkyl carbamates (subject to hydrolysis) is 1. The molecule has 2 aromatic carbocycles. The van der Waals surface area contributed by atoms with Crippen LogP contribution < -0.4 is 5.32 Å². The van der Waals surface area contributed by atoms with Gasteiger partial charge in [0.05, 0.1) is 17.4 Å². The molecule has 1 atom stereocenters. The van der Waals surface area contributed by atoms with Gasteiger partial charge in [0.1, 0.15) is 11.9 Å². The zero-order chi connectivity index (χ0) is 20.3. The second kappa shape index (κ2) is 8.00. The van der Waals surface area contributed by atoms with Crippen molar-refractivity contribution in [1.82, 2.24) is 15.1 Å². The summed E-state index contributed by atoms with van der Waals surface area (Å²) in [5, 5.41) is 8.31. The van der Waals surface area contributed by atoms with Crippen LogP contribution in [0.4, 0.5) is 9.18 Å². The van der Waals surface area contributed by atoms with E-state index in [9.17, 15) is 9.18 Å². The quantitative estimate of drug-likeness (QED) is 0.674. The van der Waals surface area contributed by atoms with Crippen molar-refractivity contribution in [3.63, 3.8) is 0 Å². The van der Waals surface area contributed by atoms with E-state index < -0.39 is 6.09 Å². The molecule has 1 heterocycles. The molecule has 0 radical (unpaired) electrons. The highest BCUT2D eigenvalue weighted by atomic mass is 19.1. The Morgan fingerprint density at radius 1 is 1.21 bits per heavy atom. The van der Waals surface area contributed by atoms with Crippen LogP contribution >= 0.6 is 0 Å². The molecule has 1 amide bonds. The lowest BCUT2D eigenvalue weighted by Gasteiger charge is -2.22. The number of hydrogen-bond donors (Lipinski definition) is 1. The summed E-state index contributed by atoms with van der Waals surface area (Å²) < 4.78 is 20.4. The smallest absolute Gasteiger partial charge is 0.407 e. The van der Waals surface area contributed by atoms with Crippen LogP contribution in [-0.2, 0) is 11.2 Å². The van der Waals surface area contributed by atoms with E-state index in [4.69, 9.17) is 4.74 Å². The molecule has 1 unspecified atom stereocenters. The molecule has 0 fully saturated rings. The summed E-state index contributed by atoms with van der Waals surface area (Å²) >= 11 is 0. The summed E-state index contributed by atoms with van der Waals surface area (Å²) in [5.74, 6) is -0.273. The molecule has 28 heavy (non-hydrogen) atoms.